The van der Waals surface area contributed by atoms with Gasteiger partial charge in [-0.1, -0.05) is 11.6 Å². The van der Waals surface area contributed by atoms with Gasteiger partial charge in [0.05, 0.1) is 18.2 Å². The highest BCUT2D eigenvalue weighted by Gasteiger charge is 2.41. The van der Waals surface area contributed by atoms with Gasteiger partial charge < -0.3 is 30.7 Å². The van der Waals surface area contributed by atoms with Crippen molar-refractivity contribution in [1.82, 2.24) is 10.2 Å². The normalized spacial score (nSPS) is 21.1. The highest BCUT2D eigenvalue weighted by atomic mass is 35.5. The molecule has 0 spiro atoms. The van der Waals surface area contributed by atoms with E-state index in [0.717, 1.165) is 4.90 Å². The van der Waals surface area contributed by atoms with Gasteiger partial charge in [0.1, 0.15) is 12.1 Å². The van der Waals surface area contributed by atoms with Gasteiger partial charge in [0.2, 0.25) is 5.91 Å². The summed E-state index contributed by atoms with van der Waals surface area (Å²) in [6.45, 7) is 0.219. The number of carbonyl (C=O) groups excluding carboxylic acids is 4. The second-order valence-electron chi connectivity index (χ2n) is 8.51. The molecule has 0 radical (unpaired) electrons. The third-order valence-electron chi connectivity index (χ3n) is 6.05. The van der Waals surface area contributed by atoms with Gasteiger partial charge in [-0.2, -0.15) is 0 Å². The van der Waals surface area contributed by atoms with Crippen molar-refractivity contribution in [1.29, 1.82) is 0 Å². The third-order valence-corrected chi connectivity index (χ3v) is 6.30. The fourth-order valence-electron chi connectivity index (χ4n) is 4.18. The Bertz CT molecular complexity index is 1220. The number of urea groups is 2. The number of nitrogens with one attached hydrogen (secondary N) is 3. The van der Waals surface area contributed by atoms with Crippen LogP contribution in [0.15, 0.2) is 48.5 Å². The first-order valence-corrected chi connectivity index (χ1v) is 11.7. The molecule has 12 nitrogen and oxygen atoms in total. The third kappa shape index (κ3) is 5.81. The van der Waals surface area contributed by atoms with Crippen molar-refractivity contribution in [2.75, 3.05) is 29.2 Å². The van der Waals surface area contributed by atoms with Crippen LogP contribution in [0.25, 0.3) is 0 Å². The molecule has 2 heterocycles. The van der Waals surface area contributed by atoms with Crippen LogP contribution in [0, 0.1) is 0 Å². The summed E-state index contributed by atoms with van der Waals surface area (Å²) in [6, 6.07) is 9.33. The fraction of sp³-hybridized carbons (Fsp3) is 0.292. The zero-order valence-electron chi connectivity index (χ0n) is 19.6. The molecular weight excluding hydrogens is 506 g/mol. The van der Waals surface area contributed by atoms with Crippen LogP contribution in [0.1, 0.15) is 12.8 Å². The highest BCUT2D eigenvalue weighted by Crippen LogP contribution is 2.26. The SMILES string of the molecule is COC1CC(C(=O)Nc2ccc(N3C(=O)N[C@H](CC(=O)O)C3=O)cc2)N(C(=O)Nc2ccc(Cl)cc2)C1. The zero-order chi connectivity index (χ0) is 26.7. The van der Waals surface area contributed by atoms with Gasteiger partial charge in [-0.15, -0.1) is 0 Å². The van der Waals surface area contributed by atoms with Gasteiger partial charge >= 0.3 is 18.0 Å². The molecule has 3 atom stereocenters. The molecule has 2 fully saturated rings. The number of halogens is 1. The predicted octanol–water partition coefficient (Wildman–Crippen LogP) is 2.50. The number of likely N-dealkylation sites (tertiary alicyclic amines) is 1. The number of imide groups is 1. The maximum Gasteiger partial charge on any atom is 0.329 e. The lowest BCUT2D eigenvalue weighted by Gasteiger charge is -2.24. The van der Waals surface area contributed by atoms with Crippen molar-refractivity contribution in [3.8, 4) is 0 Å². The topological polar surface area (TPSA) is 157 Å². The molecule has 194 valence electrons. The summed E-state index contributed by atoms with van der Waals surface area (Å²) in [4.78, 5) is 63.8. The van der Waals surface area contributed by atoms with Crippen LogP contribution in [-0.4, -0.2) is 71.7 Å². The van der Waals surface area contributed by atoms with Crippen molar-refractivity contribution in [3.63, 3.8) is 0 Å². The number of rotatable bonds is 7. The number of benzene rings is 2. The van der Waals surface area contributed by atoms with Crippen LogP contribution < -0.4 is 20.9 Å². The summed E-state index contributed by atoms with van der Waals surface area (Å²) in [5.74, 6) is -2.32. The van der Waals surface area contributed by atoms with Crippen molar-refractivity contribution >= 4 is 58.5 Å². The van der Waals surface area contributed by atoms with Crippen LogP contribution in [0.3, 0.4) is 0 Å². The summed E-state index contributed by atoms with van der Waals surface area (Å²) in [5, 5.41) is 17.3. The standard InChI is InChI=1S/C24H24ClN5O7/c1-37-17-10-19(29(12-17)23(35)27-15-4-2-13(25)3-5-15)21(33)26-14-6-8-16(9-7-14)30-22(34)18(11-20(31)32)28-24(30)36/h2-9,17-19H,10-12H2,1H3,(H,26,33)(H,27,35)(H,28,36)(H,31,32)/t17?,18-,19?/m1/s1. The van der Waals surface area contributed by atoms with Gasteiger partial charge in [-0.05, 0) is 48.5 Å². The van der Waals surface area contributed by atoms with Gasteiger partial charge in [0, 0.05) is 36.5 Å². The molecule has 2 aromatic carbocycles. The molecule has 0 aliphatic carbocycles. The largest absolute Gasteiger partial charge is 0.481 e. The average molecular weight is 530 g/mol. The lowest BCUT2D eigenvalue weighted by Crippen LogP contribution is -2.45. The van der Waals surface area contributed by atoms with Crippen LogP contribution in [0.4, 0.5) is 26.7 Å². The van der Waals surface area contributed by atoms with E-state index in [1.54, 1.807) is 24.3 Å². The number of hydrogen-bond acceptors (Lipinski definition) is 6. The van der Waals surface area contributed by atoms with Crippen molar-refractivity contribution in [2.45, 2.75) is 31.0 Å². The molecule has 2 aromatic rings. The quantitative estimate of drug-likeness (QED) is 0.401. The fourth-order valence-corrected chi connectivity index (χ4v) is 4.30. The molecule has 2 saturated heterocycles. The van der Waals surface area contributed by atoms with Crippen molar-refractivity contribution in [3.05, 3.63) is 53.6 Å². The Balaban J connectivity index is 1.42. The van der Waals surface area contributed by atoms with Crippen LogP contribution in [-0.2, 0) is 19.1 Å². The summed E-state index contributed by atoms with van der Waals surface area (Å²) in [7, 11) is 1.51. The molecule has 6 amide bonds. The Morgan fingerprint density at radius 2 is 1.68 bits per heavy atom. The molecule has 0 bridgehead atoms. The predicted molar refractivity (Wildman–Crippen MR) is 134 cm³/mol. The molecule has 4 rings (SSSR count). The molecule has 37 heavy (non-hydrogen) atoms. The summed E-state index contributed by atoms with van der Waals surface area (Å²) < 4.78 is 5.38. The van der Waals surface area contributed by atoms with Crippen molar-refractivity contribution in [2.24, 2.45) is 0 Å². The minimum atomic E-state index is -1.21. The highest BCUT2D eigenvalue weighted by molar-refractivity contribution is 6.30. The Hall–Kier alpha value is -4.16. The number of ether oxygens (including phenoxy) is 1. The molecule has 2 aliphatic rings. The first kappa shape index (κ1) is 25.9. The summed E-state index contributed by atoms with van der Waals surface area (Å²) in [6.07, 6.45) is -0.559. The van der Waals surface area contributed by atoms with E-state index in [1.807, 2.05) is 0 Å². The molecule has 4 N–H and O–H groups in total. The molecule has 2 aliphatic heterocycles. The van der Waals surface area contributed by atoms with E-state index in [-0.39, 0.29) is 18.3 Å². The minimum Gasteiger partial charge on any atom is -0.481 e. The number of amides is 6. The second kappa shape index (κ2) is 10.8. The zero-order valence-corrected chi connectivity index (χ0v) is 20.4. The van der Waals surface area contributed by atoms with Crippen molar-refractivity contribution < 1.29 is 33.8 Å². The molecule has 2 unspecified atom stereocenters. The van der Waals surface area contributed by atoms with E-state index in [1.165, 1.54) is 36.3 Å². The molecular formula is C24H24ClN5O7. The average Bonchev–Trinajstić information content (AvgIpc) is 3.42. The number of nitrogens with zero attached hydrogens (tertiary/aromatic N) is 2. The lowest BCUT2D eigenvalue weighted by molar-refractivity contribution is -0.139. The van der Waals surface area contributed by atoms with E-state index in [2.05, 4.69) is 16.0 Å². The maximum atomic E-state index is 13.1. The smallest absolute Gasteiger partial charge is 0.329 e. The second-order valence-corrected chi connectivity index (χ2v) is 8.94. The maximum absolute atomic E-state index is 13.1. The number of carbonyl (C=O) groups is 5. The van der Waals surface area contributed by atoms with E-state index >= 15 is 0 Å². The Morgan fingerprint density at radius 3 is 2.30 bits per heavy atom. The van der Waals surface area contributed by atoms with Gasteiger partial charge in [0.25, 0.3) is 5.91 Å². The Kier molecular flexibility index (Phi) is 7.60. The van der Waals surface area contributed by atoms with Crippen LogP contribution >= 0.6 is 11.6 Å². The van der Waals surface area contributed by atoms with E-state index in [9.17, 15) is 24.0 Å². The number of carboxylic acid groups (broad SMARTS) is 1. The van der Waals surface area contributed by atoms with E-state index < -0.39 is 48.4 Å². The van der Waals surface area contributed by atoms with Crippen LogP contribution in [0.5, 0.6) is 0 Å². The van der Waals surface area contributed by atoms with Gasteiger partial charge in [-0.25, -0.2) is 14.5 Å². The number of methoxy groups -OCH3 is 1. The Labute approximate surface area is 216 Å². The first-order valence-electron chi connectivity index (χ1n) is 11.3. The number of aliphatic carboxylic acids is 1. The van der Waals surface area contributed by atoms with Gasteiger partial charge in [-0.3, -0.25) is 14.4 Å². The minimum absolute atomic E-state index is 0.219. The number of carboxylic acids is 1. The summed E-state index contributed by atoms with van der Waals surface area (Å²) in [5.41, 5.74) is 1.12. The van der Waals surface area contributed by atoms with Gasteiger partial charge in [0.15, 0.2) is 0 Å². The van der Waals surface area contributed by atoms with E-state index in [0.29, 0.717) is 22.8 Å². The molecule has 13 heteroatoms. The summed E-state index contributed by atoms with van der Waals surface area (Å²) >= 11 is 5.89. The monoisotopic (exact) mass is 529 g/mol. The van der Waals surface area contributed by atoms with E-state index in [4.69, 9.17) is 21.4 Å². The molecule has 0 aromatic heterocycles. The van der Waals surface area contributed by atoms with Crippen LogP contribution in [0.2, 0.25) is 5.02 Å². The Morgan fingerprint density at radius 1 is 1.05 bits per heavy atom. The first-order chi connectivity index (χ1) is 17.7. The lowest BCUT2D eigenvalue weighted by atomic mass is 10.1. The number of hydrogen-bond donors (Lipinski definition) is 4. The number of anilines is 3. The molecule has 0 saturated carbocycles.